The Kier molecular flexibility index (Phi) is 2.87. The van der Waals surface area contributed by atoms with Gasteiger partial charge in [0, 0.05) is 30.1 Å². The monoisotopic (exact) mass is 251 g/mol. The highest BCUT2D eigenvalue weighted by Gasteiger charge is 2.43. The van der Waals surface area contributed by atoms with Crippen LogP contribution in [0, 0.1) is 23.7 Å². The van der Waals surface area contributed by atoms with Crippen molar-refractivity contribution < 1.29 is 0 Å². The second-order valence-corrected chi connectivity index (χ2v) is 5.56. The van der Waals surface area contributed by atoms with Crippen molar-refractivity contribution in [1.82, 2.24) is 9.78 Å². The molecule has 1 fully saturated rings. The number of nitrogens with zero attached hydrogens (tertiary/aromatic N) is 3. The van der Waals surface area contributed by atoms with Crippen LogP contribution in [0.4, 0.5) is 0 Å². The Hall–Kier alpha value is -2.08. The van der Waals surface area contributed by atoms with E-state index in [-0.39, 0.29) is 5.41 Å². The summed E-state index contributed by atoms with van der Waals surface area (Å²) >= 11 is 0. The largest absolute Gasteiger partial charge is 0.271 e. The van der Waals surface area contributed by atoms with Gasteiger partial charge in [-0.2, -0.15) is 10.4 Å². The van der Waals surface area contributed by atoms with Crippen LogP contribution >= 0.6 is 0 Å². The highest BCUT2D eigenvalue weighted by molar-refractivity contribution is 5.62. The molecule has 1 aromatic heterocycles. The number of aryl methyl sites for hydroxylation is 1. The van der Waals surface area contributed by atoms with E-state index in [0.717, 1.165) is 30.6 Å². The zero-order valence-electron chi connectivity index (χ0n) is 11.1. The molecule has 3 heteroatoms. The van der Waals surface area contributed by atoms with Crippen LogP contribution in [0.3, 0.4) is 0 Å². The fourth-order valence-electron chi connectivity index (χ4n) is 2.56. The van der Waals surface area contributed by atoms with Crippen LogP contribution in [0.15, 0.2) is 36.5 Å². The third-order valence-electron chi connectivity index (χ3n) is 3.90. The average molecular weight is 251 g/mol. The maximum Gasteiger partial charge on any atom is 0.0952 e. The normalized spacial score (nSPS) is 16.0. The van der Waals surface area contributed by atoms with Crippen LogP contribution in [0.1, 0.15) is 24.8 Å². The lowest BCUT2D eigenvalue weighted by molar-refractivity contribution is 0.405. The van der Waals surface area contributed by atoms with E-state index >= 15 is 0 Å². The van der Waals surface area contributed by atoms with Gasteiger partial charge in [0.05, 0.1) is 11.8 Å². The van der Waals surface area contributed by atoms with E-state index in [0.29, 0.717) is 6.42 Å². The number of aromatic nitrogens is 2. The Morgan fingerprint density at radius 1 is 1.32 bits per heavy atom. The molecule has 3 nitrogen and oxygen atoms in total. The van der Waals surface area contributed by atoms with Gasteiger partial charge >= 0.3 is 0 Å². The van der Waals surface area contributed by atoms with Gasteiger partial charge in [0.1, 0.15) is 0 Å². The lowest BCUT2D eigenvalue weighted by Crippen LogP contribution is -2.11. The van der Waals surface area contributed by atoms with Crippen molar-refractivity contribution in [2.24, 2.45) is 5.41 Å². The van der Waals surface area contributed by atoms with Crippen LogP contribution in [-0.4, -0.2) is 9.78 Å². The van der Waals surface area contributed by atoms with E-state index in [1.165, 1.54) is 5.56 Å². The predicted octanol–water partition coefficient (Wildman–Crippen LogP) is 3.55. The van der Waals surface area contributed by atoms with Crippen LogP contribution in [0.2, 0.25) is 0 Å². The number of hydrogen-bond donors (Lipinski definition) is 0. The van der Waals surface area contributed by atoms with E-state index in [9.17, 15) is 0 Å². The molecule has 1 aliphatic carbocycles. The summed E-state index contributed by atoms with van der Waals surface area (Å²) in [5, 5.41) is 13.6. The van der Waals surface area contributed by atoms with Crippen molar-refractivity contribution in [3.63, 3.8) is 0 Å². The van der Waals surface area contributed by atoms with Gasteiger partial charge in [-0.15, -0.1) is 0 Å². The van der Waals surface area contributed by atoms with Gasteiger partial charge in [-0.25, -0.2) is 0 Å². The maximum absolute atomic E-state index is 8.88. The minimum Gasteiger partial charge on any atom is -0.271 e. The molecule has 0 bridgehead atoms. The Bertz CT molecular complexity index is 615. The minimum atomic E-state index is 0.196. The molecule has 1 aliphatic rings. The summed E-state index contributed by atoms with van der Waals surface area (Å²) in [5.41, 5.74) is 3.59. The van der Waals surface area contributed by atoms with E-state index in [4.69, 9.17) is 10.4 Å². The van der Waals surface area contributed by atoms with Crippen molar-refractivity contribution >= 4 is 0 Å². The first-order chi connectivity index (χ1) is 9.22. The molecule has 1 heterocycles. The first-order valence-electron chi connectivity index (χ1n) is 6.69. The summed E-state index contributed by atoms with van der Waals surface area (Å²) in [6.45, 7) is 2.96. The maximum atomic E-state index is 8.88. The molecule has 19 heavy (non-hydrogen) atoms. The summed E-state index contributed by atoms with van der Waals surface area (Å²) in [6.07, 6.45) is 5.05. The lowest BCUT2D eigenvalue weighted by Gasteiger charge is -2.10. The topological polar surface area (TPSA) is 41.6 Å². The smallest absolute Gasteiger partial charge is 0.0952 e. The van der Waals surface area contributed by atoms with E-state index in [1.54, 1.807) is 0 Å². The zero-order valence-corrected chi connectivity index (χ0v) is 11.1. The third-order valence-corrected chi connectivity index (χ3v) is 3.90. The van der Waals surface area contributed by atoms with Gasteiger partial charge in [0.2, 0.25) is 0 Å². The van der Waals surface area contributed by atoms with Crippen molar-refractivity contribution in [3.05, 3.63) is 42.1 Å². The van der Waals surface area contributed by atoms with E-state index in [2.05, 4.69) is 31.3 Å². The predicted molar refractivity (Wildman–Crippen MR) is 74.3 cm³/mol. The molecular formula is C16H17N3. The molecule has 3 rings (SSSR count). The van der Waals surface area contributed by atoms with Crippen molar-refractivity contribution in [1.29, 1.82) is 5.26 Å². The third kappa shape index (κ3) is 2.39. The fourth-order valence-corrected chi connectivity index (χ4v) is 2.56. The summed E-state index contributed by atoms with van der Waals surface area (Å²) < 4.78 is 2.02. The van der Waals surface area contributed by atoms with Gasteiger partial charge in [-0.1, -0.05) is 30.3 Å². The Morgan fingerprint density at radius 2 is 2.05 bits per heavy atom. The molecular weight excluding hydrogens is 234 g/mol. The molecule has 0 spiro atoms. The summed E-state index contributed by atoms with van der Waals surface area (Å²) in [4.78, 5) is 0. The fraction of sp³-hybridized carbons (Fsp3) is 0.375. The molecule has 1 aromatic carbocycles. The molecule has 0 radical (unpaired) electrons. The molecule has 0 aliphatic heterocycles. The van der Waals surface area contributed by atoms with Crippen LogP contribution in [0.5, 0.6) is 0 Å². The molecule has 96 valence electrons. The van der Waals surface area contributed by atoms with Gasteiger partial charge in [-0.3, -0.25) is 4.68 Å². The molecule has 0 N–H and O–H groups in total. The number of benzene rings is 1. The Labute approximate surface area is 113 Å². The zero-order chi connectivity index (χ0) is 13.3. The average Bonchev–Trinajstić information content (AvgIpc) is 3.06. The van der Waals surface area contributed by atoms with Crippen molar-refractivity contribution in [3.8, 4) is 17.3 Å². The number of hydrogen-bond acceptors (Lipinski definition) is 2. The van der Waals surface area contributed by atoms with Crippen molar-refractivity contribution in [2.75, 3.05) is 0 Å². The first-order valence-corrected chi connectivity index (χ1v) is 6.69. The Morgan fingerprint density at radius 3 is 2.68 bits per heavy atom. The quantitative estimate of drug-likeness (QED) is 0.833. The number of nitriles is 1. The van der Waals surface area contributed by atoms with E-state index in [1.807, 2.05) is 22.9 Å². The van der Waals surface area contributed by atoms with E-state index < -0.39 is 0 Å². The van der Waals surface area contributed by atoms with Crippen LogP contribution in [-0.2, 0) is 6.54 Å². The molecule has 1 saturated carbocycles. The van der Waals surface area contributed by atoms with Gasteiger partial charge in [0.15, 0.2) is 0 Å². The summed E-state index contributed by atoms with van der Waals surface area (Å²) in [5.74, 6) is 0. The summed E-state index contributed by atoms with van der Waals surface area (Å²) in [7, 11) is 0. The van der Waals surface area contributed by atoms with Gasteiger partial charge in [-0.05, 0) is 25.3 Å². The molecule has 0 unspecified atom stereocenters. The molecule has 2 aromatic rings. The SMILES string of the molecule is Cc1cn(CC2(CC#N)CC2)nc1-c1ccccc1. The molecule has 0 atom stereocenters. The van der Waals surface area contributed by atoms with Crippen LogP contribution in [0.25, 0.3) is 11.3 Å². The highest BCUT2D eigenvalue weighted by atomic mass is 15.3. The van der Waals surface area contributed by atoms with Gasteiger partial charge in [0.25, 0.3) is 0 Å². The van der Waals surface area contributed by atoms with Gasteiger partial charge < -0.3 is 0 Å². The minimum absolute atomic E-state index is 0.196. The lowest BCUT2D eigenvalue weighted by atomic mass is 10.0. The first kappa shape index (κ1) is 12.0. The second-order valence-electron chi connectivity index (χ2n) is 5.56. The van der Waals surface area contributed by atoms with Crippen LogP contribution < -0.4 is 0 Å². The highest BCUT2D eigenvalue weighted by Crippen LogP contribution is 2.49. The second kappa shape index (κ2) is 4.55. The molecule has 0 saturated heterocycles. The Balaban J connectivity index is 1.85. The molecule has 0 amide bonds. The standard InChI is InChI=1S/C16H17N3/c1-13-11-19(12-16(7-8-16)9-10-17)18-15(13)14-5-3-2-4-6-14/h2-6,11H,7-9,12H2,1H3. The number of rotatable bonds is 4. The van der Waals surface area contributed by atoms with Crippen molar-refractivity contribution in [2.45, 2.75) is 32.7 Å². The summed E-state index contributed by atoms with van der Waals surface area (Å²) in [6, 6.07) is 12.6.